The molecule has 2 rings (SSSR count). The first kappa shape index (κ1) is 6.95. The minimum absolute atomic E-state index is 0.765. The Bertz CT molecular complexity index is 128. The first-order valence-corrected chi connectivity index (χ1v) is 6.06. The van der Waals surface area contributed by atoms with E-state index < -0.39 is 7.36 Å². The molecule has 2 fully saturated rings. The summed E-state index contributed by atoms with van der Waals surface area (Å²) in [7, 11) is -2.43. The van der Waals surface area contributed by atoms with Gasteiger partial charge in [-0.05, 0) is 0 Å². The van der Waals surface area contributed by atoms with Gasteiger partial charge >= 0.3 is 59.5 Å². The van der Waals surface area contributed by atoms with Crippen molar-refractivity contribution in [3.8, 4) is 0 Å². The molecular formula is C5H13N2O2P. The Morgan fingerprint density at radius 2 is 1.60 bits per heavy atom. The molecule has 2 aliphatic rings. The zero-order valence-electron chi connectivity index (χ0n) is 6.09. The van der Waals surface area contributed by atoms with E-state index in [0.29, 0.717) is 0 Å². The molecule has 1 spiro atoms. The van der Waals surface area contributed by atoms with Crippen LogP contribution in [0, 0.1) is 0 Å². The van der Waals surface area contributed by atoms with Crippen LogP contribution in [0.3, 0.4) is 0 Å². The molecule has 60 valence electrons. The van der Waals surface area contributed by atoms with Crippen LogP contribution in [0.2, 0.25) is 0 Å². The van der Waals surface area contributed by atoms with E-state index in [1.807, 2.05) is 6.66 Å². The third-order valence-electron chi connectivity index (χ3n) is 1.96. The molecule has 0 atom stereocenters. The Hall–Kier alpha value is 0.270. The summed E-state index contributed by atoms with van der Waals surface area (Å²) in [6.45, 7) is 5.36. The van der Waals surface area contributed by atoms with Crippen molar-refractivity contribution in [1.82, 2.24) is 10.2 Å². The van der Waals surface area contributed by atoms with Crippen LogP contribution in [0.1, 0.15) is 0 Å². The van der Waals surface area contributed by atoms with Gasteiger partial charge in [-0.15, -0.1) is 0 Å². The van der Waals surface area contributed by atoms with Gasteiger partial charge in [0.15, 0.2) is 0 Å². The van der Waals surface area contributed by atoms with E-state index in [4.69, 9.17) is 9.05 Å². The van der Waals surface area contributed by atoms with Crippen molar-refractivity contribution in [1.29, 1.82) is 0 Å². The summed E-state index contributed by atoms with van der Waals surface area (Å²) >= 11 is 0. The molecule has 0 amide bonds. The average molecular weight is 164 g/mol. The maximum absolute atomic E-state index is 5.58. The Kier molecular flexibility index (Phi) is 1.32. The molecule has 10 heavy (non-hydrogen) atoms. The monoisotopic (exact) mass is 164 g/mol. The first-order valence-electron chi connectivity index (χ1n) is 3.54. The van der Waals surface area contributed by atoms with Crippen molar-refractivity contribution in [3.05, 3.63) is 0 Å². The Morgan fingerprint density at radius 1 is 1.10 bits per heavy atom. The van der Waals surface area contributed by atoms with Gasteiger partial charge in [-0.1, -0.05) is 0 Å². The fourth-order valence-electron chi connectivity index (χ4n) is 1.42. The van der Waals surface area contributed by atoms with Gasteiger partial charge in [0.1, 0.15) is 0 Å². The van der Waals surface area contributed by atoms with Gasteiger partial charge in [-0.25, -0.2) is 0 Å². The van der Waals surface area contributed by atoms with Crippen molar-refractivity contribution in [2.24, 2.45) is 0 Å². The Labute approximate surface area is 60.5 Å². The van der Waals surface area contributed by atoms with Gasteiger partial charge in [-0.2, -0.15) is 0 Å². The molecule has 5 heteroatoms. The van der Waals surface area contributed by atoms with Crippen LogP contribution in [-0.2, 0) is 9.05 Å². The van der Waals surface area contributed by atoms with Crippen molar-refractivity contribution < 1.29 is 9.05 Å². The minimum atomic E-state index is -2.43. The predicted octanol–water partition coefficient (Wildman–Crippen LogP) is 0.0691. The van der Waals surface area contributed by atoms with Gasteiger partial charge in [0, 0.05) is 0 Å². The number of nitrogens with one attached hydrogen (secondary N) is 2. The molecule has 2 saturated heterocycles. The normalized spacial score (nSPS) is 39.5. The second kappa shape index (κ2) is 1.90. The van der Waals surface area contributed by atoms with Crippen LogP contribution >= 0.6 is 7.36 Å². The maximum atomic E-state index is 5.58. The van der Waals surface area contributed by atoms with Crippen molar-refractivity contribution in [2.75, 3.05) is 33.0 Å². The molecule has 0 bridgehead atoms. The molecule has 2 N–H and O–H groups in total. The van der Waals surface area contributed by atoms with Crippen molar-refractivity contribution >= 4 is 7.36 Å². The van der Waals surface area contributed by atoms with Crippen LogP contribution in [0.4, 0.5) is 0 Å². The molecule has 2 heterocycles. The topological polar surface area (TPSA) is 42.5 Å². The molecule has 0 aromatic rings. The predicted molar refractivity (Wildman–Crippen MR) is 40.8 cm³/mol. The van der Waals surface area contributed by atoms with E-state index in [1.54, 1.807) is 0 Å². The standard InChI is InChI=1S/C5H13N2O2P/c1-10(6-2-4-8-10)7-3-5-9-10/h6-7H,2-5H2,1H3. The van der Waals surface area contributed by atoms with E-state index in [1.165, 1.54) is 0 Å². The van der Waals surface area contributed by atoms with E-state index >= 15 is 0 Å². The SMILES string of the molecule is CP12(NCCO1)NCCO2. The summed E-state index contributed by atoms with van der Waals surface area (Å²) in [5, 5.41) is 6.57. The van der Waals surface area contributed by atoms with E-state index in [9.17, 15) is 0 Å². The van der Waals surface area contributed by atoms with Crippen LogP contribution in [-0.4, -0.2) is 33.0 Å². The average Bonchev–Trinajstić information content (AvgIpc) is 2.44. The number of hydrogen-bond donors (Lipinski definition) is 2. The molecule has 0 unspecified atom stereocenters. The Balaban J connectivity index is 2.22. The van der Waals surface area contributed by atoms with Crippen LogP contribution in [0.15, 0.2) is 0 Å². The van der Waals surface area contributed by atoms with Crippen molar-refractivity contribution in [2.45, 2.75) is 0 Å². The summed E-state index contributed by atoms with van der Waals surface area (Å²) < 4.78 is 11.2. The number of rotatable bonds is 0. The third-order valence-corrected chi connectivity index (χ3v) is 5.49. The van der Waals surface area contributed by atoms with Gasteiger partial charge in [0.2, 0.25) is 0 Å². The summed E-state index contributed by atoms with van der Waals surface area (Å²) in [4.78, 5) is 0. The van der Waals surface area contributed by atoms with Gasteiger partial charge in [-0.3, -0.25) is 0 Å². The molecule has 0 aromatic carbocycles. The molecule has 0 aliphatic carbocycles. The summed E-state index contributed by atoms with van der Waals surface area (Å²) in [6.07, 6.45) is 0. The van der Waals surface area contributed by atoms with Gasteiger partial charge in [0.05, 0.1) is 0 Å². The summed E-state index contributed by atoms with van der Waals surface area (Å²) in [5.41, 5.74) is 0. The van der Waals surface area contributed by atoms with Gasteiger partial charge < -0.3 is 0 Å². The molecule has 4 nitrogen and oxygen atoms in total. The Morgan fingerprint density at radius 3 is 1.90 bits per heavy atom. The third kappa shape index (κ3) is 0.881. The van der Waals surface area contributed by atoms with E-state index in [2.05, 4.69) is 10.2 Å². The van der Waals surface area contributed by atoms with E-state index in [0.717, 1.165) is 26.3 Å². The number of hydrogen-bond acceptors (Lipinski definition) is 4. The summed E-state index contributed by atoms with van der Waals surface area (Å²) in [5.74, 6) is 0. The molecular weight excluding hydrogens is 151 g/mol. The van der Waals surface area contributed by atoms with E-state index in [-0.39, 0.29) is 0 Å². The second-order valence-electron chi connectivity index (χ2n) is 2.85. The van der Waals surface area contributed by atoms with Gasteiger partial charge in [0.25, 0.3) is 0 Å². The fraction of sp³-hybridized carbons (Fsp3) is 1.00. The fourth-order valence-corrected chi connectivity index (χ4v) is 4.25. The first-order chi connectivity index (χ1) is 4.71. The zero-order chi connectivity index (χ0) is 7.10. The quantitative estimate of drug-likeness (QED) is 0.497. The zero-order valence-corrected chi connectivity index (χ0v) is 6.99. The molecule has 0 radical (unpaired) electrons. The summed E-state index contributed by atoms with van der Waals surface area (Å²) in [6, 6.07) is 0. The molecule has 0 aromatic heterocycles. The van der Waals surface area contributed by atoms with Crippen LogP contribution < -0.4 is 10.2 Å². The molecule has 2 aliphatic heterocycles. The molecule has 0 saturated carbocycles. The van der Waals surface area contributed by atoms with Crippen molar-refractivity contribution in [3.63, 3.8) is 0 Å². The van der Waals surface area contributed by atoms with Crippen LogP contribution in [0.5, 0.6) is 0 Å². The van der Waals surface area contributed by atoms with Crippen LogP contribution in [0.25, 0.3) is 0 Å². The second-order valence-corrected chi connectivity index (χ2v) is 6.72.